The third kappa shape index (κ3) is 4.10. The fraction of sp³-hybridized carbons (Fsp3) is 0.421. The molecule has 1 amide bonds. The van der Waals surface area contributed by atoms with Crippen LogP contribution in [-0.4, -0.2) is 43.9 Å². The van der Waals surface area contributed by atoms with Gasteiger partial charge >= 0.3 is 0 Å². The maximum atomic E-state index is 13.2. The summed E-state index contributed by atoms with van der Waals surface area (Å²) in [5.74, 6) is 0.842. The molecule has 5 nitrogen and oxygen atoms in total. The second-order valence-corrected chi connectivity index (χ2v) is 10.2. The molecular weight excluding hydrogens is 370 g/mol. The lowest BCUT2D eigenvalue weighted by molar-refractivity contribution is 0.0686. The van der Waals surface area contributed by atoms with Crippen LogP contribution in [0, 0.1) is 13.8 Å². The number of benzene rings is 1. The minimum Gasteiger partial charge on any atom is -0.497 e. The van der Waals surface area contributed by atoms with Gasteiger partial charge in [0.2, 0.25) is 0 Å². The molecule has 0 bridgehead atoms. The Balaban J connectivity index is 1.89. The van der Waals surface area contributed by atoms with Crippen molar-refractivity contribution in [3.63, 3.8) is 0 Å². The first kappa shape index (κ1) is 18.9. The number of thiophene rings is 1. The Morgan fingerprint density at radius 3 is 2.46 bits per heavy atom. The molecular formula is C19H23NO4S2. The van der Waals surface area contributed by atoms with Crippen molar-refractivity contribution in [2.45, 2.75) is 32.9 Å². The van der Waals surface area contributed by atoms with Crippen LogP contribution in [0.3, 0.4) is 0 Å². The van der Waals surface area contributed by atoms with Gasteiger partial charge in [-0.2, -0.15) is 0 Å². The van der Waals surface area contributed by atoms with Gasteiger partial charge in [0.15, 0.2) is 9.84 Å². The van der Waals surface area contributed by atoms with Gasteiger partial charge in [-0.25, -0.2) is 8.42 Å². The number of carbonyl (C=O) groups excluding carboxylic acids is 1. The third-order valence-corrected chi connectivity index (χ3v) is 7.69. The number of nitrogens with zero attached hydrogens (tertiary/aromatic N) is 1. The van der Waals surface area contributed by atoms with E-state index in [1.165, 1.54) is 11.3 Å². The Morgan fingerprint density at radius 1 is 1.27 bits per heavy atom. The second-order valence-electron chi connectivity index (χ2n) is 6.69. The van der Waals surface area contributed by atoms with E-state index in [-0.39, 0.29) is 23.5 Å². The molecule has 1 aliphatic rings. The van der Waals surface area contributed by atoms with Crippen molar-refractivity contribution in [3.05, 3.63) is 51.2 Å². The van der Waals surface area contributed by atoms with E-state index in [0.29, 0.717) is 17.8 Å². The third-order valence-electron chi connectivity index (χ3n) is 4.80. The summed E-state index contributed by atoms with van der Waals surface area (Å²) in [5.41, 5.74) is 2.04. The molecule has 1 aliphatic heterocycles. The number of methoxy groups -OCH3 is 1. The Hall–Kier alpha value is -1.86. The van der Waals surface area contributed by atoms with Crippen molar-refractivity contribution in [1.82, 2.24) is 4.90 Å². The lowest BCUT2D eigenvalue weighted by atomic mass is 10.1. The average Bonchev–Trinajstić information content (AvgIpc) is 3.14. The number of sulfone groups is 1. The van der Waals surface area contributed by atoms with Crippen LogP contribution in [0.15, 0.2) is 30.3 Å². The van der Waals surface area contributed by atoms with Crippen LogP contribution in [0.5, 0.6) is 5.75 Å². The van der Waals surface area contributed by atoms with E-state index >= 15 is 0 Å². The molecule has 140 valence electrons. The summed E-state index contributed by atoms with van der Waals surface area (Å²) in [5, 5.41) is 0. The highest BCUT2D eigenvalue weighted by atomic mass is 32.2. The van der Waals surface area contributed by atoms with Crippen LogP contribution in [0.1, 0.15) is 32.1 Å². The number of rotatable bonds is 5. The van der Waals surface area contributed by atoms with Gasteiger partial charge in [0.05, 0.1) is 23.5 Å². The van der Waals surface area contributed by atoms with Gasteiger partial charge in [-0.3, -0.25) is 4.79 Å². The van der Waals surface area contributed by atoms with Crippen LogP contribution in [0.2, 0.25) is 0 Å². The Bertz CT molecular complexity index is 881. The maximum absolute atomic E-state index is 13.2. The predicted octanol–water partition coefficient (Wildman–Crippen LogP) is 3.20. The fourth-order valence-electron chi connectivity index (χ4n) is 3.14. The number of hydrogen-bond donors (Lipinski definition) is 0. The van der Waals surface area contributed by atoms with Crippen LogP contribution in [-0.2, 0) is 16.4 Å². The van der Waals surface area contributed by atoms with Crippen molar-refractivity contribution >= 4 is 27.1 Å². The van der Waals surface area contributed by atoms with Crippen molar-refractivity contribution in [3.8, 4) is 5.75 Å². The predicted molar refractivity (Wildman–Crippen MR) is 104 cm³/mol. The molecule has 0 saturated carbocycles. The van der Waals surface area contributed by atoms with E-state index < -0.39 is 9.84 Å². The number of carbonyl (C=O) groups is 1. The first-order valence-corrected chi connectivity index (χ1v) is 11.1. The second kappa shape index (κ2) is 7.40. The molecule has 0 aliphatic carbocycles. The largest absolute Gasteiger partial charge is 0.497 e. The van der Waals surface area contributed by atoms with Gasteiger partial charge in [0.1, 0.15) is 5.75 Å². The van der Waals surface area contributed by atoms with Gasteiger partial charge in [-0.05, 0) is 49.6 Å². The van der Waals surface area contributed by atoms with Gasteiger partial charge in [-0.1, -0.05) is 12.1 Å². The van der Waals surface area contributed by atoms with E-state index in [1.54, 1.807) is 12.0 Å². The summed E-state index contributed by atoms with van der Waals surface area (Å²) in [6.45, 7) is 4.36. The van der Waals surface area contributed by atoms with E-state index in [9.17, 15) is 13.2 Å². The molecule has 0 radical (unpaired) electrons. The topological polar surface area (TPSA) is 63.7 Å². The zero-order valence-electron chi connectivity index (χ0n) is 15.2. The van der Waals surface area contributed by atoms with E-state index in [2.05, 4.69) is 0 Å². The maximum Gasteiger partial charge on any atom is 0.264 e. The van der Waals surface area contributed by atoms with Gasteiger partial charge in [0, 0.05) is 17.5 Å². The number of hydrogen-bond acceptors (Lipinski definition) is 5. The first-order valence-electron chi connectivity index (χ1n) is 8.50. The Kier molecular flexibility index (Phi) is 5.39. The SMILES string of the molecule is COc1ccc(CN(C(=O)c2cc(C)c(C)s2)C2CCS(=O)(=O)C2)cc1. The minimum atomic E-state index is -3.07. The normalized spacial score (nSPS) is 18.7. The lowest BCUT2D eigenvalue weighted by Crippen LogP contribution is -2.40. The van der Waals surface area contributed by atoms with Crippen molar-refractivity contribution < 1.29 is 17.9 Å². The van der Waals surface area contributed by atoms with E-state index in [0.717, 1.165) is 21.8 Å². The first-order chi connectivity index (χ1) is 12.3. The summed E-state index contributed by atoms with van der Waals surface area (Å²) in [6.07, 6.45) is 0.494. The van der Waals surface area contributed by atoms with Crippen LogP contribution in [0.25, 0.3) is 0 Å². The molecule has 1 aromatic carbocycles. The highest BCUT2D eigenvalue weighted by Gasteiger charge is 2.35. The summed E-state index contributed by atoms with van der Waals surface area (Å²) >= 11 is 1.47. The molecule has 1 fully saturated rings. The number of aryl methyl sites for hydroxylation is 2. The van der Waals surface area contributed by atoms with Crippen molar-refractivity contribution in [1.29, 1.82) is 0 Å². The summed E-state index contributed by atoms with van der Waals surface area (Å²) in [6, 6.07) is 9.14. The van der Waals surface area contributed by atoms with Crippen LogP contribution >= 0.6 is 11.3 Å². The summed E-state index contributed by atoms with van der Waals surface area (Å²) in [7, 11) is -1.47. The zero-order chi connectivity index (χ0) is 18.9. The zero-order valence-corrected chi connectivity index (χ0v) is 16.8. The van der Waals surface area contributed by atoms with E-state index in [4.69, 9.17) is 4.74 Å². The molecule has 7 heteroatoms. The molecule has 0 N–H and O–H groups in total. The van der Waals surface area contributed by atoms with Gasteiger partial charge in [0.25, 0.3) is 5.91 Å². The van der Waals surface area contributed by atoms with Crippen molar-refractivity contribution in [2.75, 3.05) is 18.6 Å². The van der Waals surface area contributed by atoms with E-state index in [1.807, 2.05) is 44.2 Å². The number of amides is 1. The molecule has 1 unspecified atom stereocenters. The highest BCUT2D eigenvalue weighted by Crippen LogP contribution is 2.27. The fourth-order valence-corrected chi connectivity index (χ4v) is 5.86. The van der Waals surface area contributed by atoms with Gasteiger partial charge < -0.3 is 9.64 Å². The summed E-state index contributed by atoms with van der Waals surface area (Å²) < 4.78 is 29.1. The molecule has 3 rings (SSSR count). The minimum absolute atomic E-state index is 0.0399. The molecule has 1 atom stereocenters. The molecule has 2 heterocycles. The Morgan fingerprint density at radius 2 is 1.96 bits per heavy atom. The van der Waals surface area contributed by atoms with Crippen molar-refractivity contribution in [2.24, 2.45) is 0 Å². The van der Waals surface area contributed by atoms with Gasteiger partial charge in [-0.15, -0.1) is 11.3 Å². The van der Waals surface area contributed by atoms with Crippen LogP contribution in [0.4, 0.5) is 0 Å². The Labute approximate surface area is 158 Å². The standard InChI is InChI=1S/C19H23NO4S2/c1-13-10-18(25-14(13)2)19(21)20(16-8-9-26(22,23)12-16)11-15-4-6-17(24-3)7-5-15/h4-7,10,16H,8-9,11-12H2,1-3H3. The lowest BCUT2D eigenvalue weighted by Gasteiger charge is -2.28. The quantitative estimate of drug-likeness (QED) is 0.783. The van der Waals surface area contributed by atoms with Crippen LogP contribution < -0.4 is 4.74 Å². The number of ether oxygens (including phenoxy) is 1. The molecule has 1 aromatic heterocycles. The monoisotopic (exact) mass is 393 g/mol. The average molecular weight is 394 g/mol. The summed E-state index contributed by atoms with van der Waals surface area (Å²) in [4.78, 5) is 16.6. The highest BCUT2D eigenvalue weighted by molar-refractivity contribution is 7.91. The smallest absolute Gasteiger partial charge is 0.264 e. The molecule has 26 heavy (non-hydrogen) atoms. The molecule has 0 spiro atoms. The molecule has 1 saturated heterocycles. The molecule has 2 aromatic rings.